The molecule has 0 aromatic heterocycles. The number of amidine groups is 1. The van der Waals surface area contributed by atoms with Gasteiger partial charge in [0.05, 0.1) is 22.9 Å². The molecule has 1 fully saturated rings. The Hall–Kier alpha value is -3.02. The molecule has 0 N–H and O–H groups in total. The number of aryl methyl sites for hydroxylation is 2. The van der Waals surface area contributed by atoms with Crippen molar-refractivity contribution in [3.63, 3.8) is 0 Å². The Morgan fingerprint density at radius 1 is 1.00 bits per heavy atom. The average molecular weight is 463 g/mol. The van der Waals surface area contributed by atoms with E-state index < -0.39 is 0 Å². The van der Waals surface area contributed by atoms with Gasteiger partial charge in [-0.2, -0.15) is 0 Å². The van der Waals surface area contributed by atoms with Gasteiger partial charge in [-0.3, -0.25) is 9.69 Å². The van der Waals surface area contributed by atoms with Gasteiger partial charge in [-0.15, -0.1) is 0 Å². The van der Waals surface area contributed by atoms with Crippen LogP contribution in [0.25, 0.3) is 6.08 Å². The molecule has 1 aliphatic rings. The number of halogens is 1. The van der Waals surface area contributed by atoms with Crippen molar-refractivity contribution in [2.75, 3.05) is 11.5 Å². The van der Waals surface area contributed by atoms with Crippen LogP contribution in [0.1, 0.15) is 23.6 Å². The number of hydrogen-bond acceptors (Lipinski definition) is 4. The lowest BCUT2D eigenvalue weighted by molar-refractivity contribution is -0.113. The highest BCUT2D eigenvalue weighted by Gasteiger charge is 2.35. The molecule has 1 amide bonds. The van der Waals surface area contributed by atoms with E-state index in [4.69, 9.17) is 21.3 Å². The zero-order valence-electron chi connectivity index (χ0n) is 18.1. The van der Waals surface area contributed by atoms with Crippen molar-refractivity contribution in [1.82, 2.24) is 0 Å². The van der Waals surface area contributed by atoms with Crippen LogP contribution in [0.15, 0.2) is 76.6 Å². The summed E-state index contributed by atoms with van der Waals surface area (Å²) in [6, 6.07) is 21.2. The van der Waals surface area contributed by atoms with Crippen molar-refractivity contribution in [2.24, 2.45) is 4.99 Å². The van der Waals surface area contributed by atoms with E-state index in [1.165, 1.54) is 11.8 Å². The Bertz CT molecular complexity index is 1200. The lowest BCUT2D eigenvalue weighted by Gasteiger charge is -2.16. The number of benzene rings is 3. The predicted molar refractivity (Wildman–Crippen MR) is 135 cm³/mol. The number of anilines is 1. The van der Waals surface area contributed by atoms with E-state index in [9.17, 15) is 4.79 Å². The van der Waals surface area contributed by atoms with Gasteiger partial charge < -0.3 is 4.74 Å². The number of amides is 1. The summed E-state index contributed by atoms with van der Waals surface area (Å²) >= 11 is 7.56. The molecule has 3 aromatic rings. The normalized spacial score (nSPS) is 16.2. The van der Waals surface area contributed by atoms with Gasteiger partial charge in [0, 0.05) is 10.6 Å². The molecular formula is C26H23ClN2O2S. The van der Waals surface area contributed by atoms with Crippen molar-refractivity contribution < 1.29 is 9.53 Å². The molecule has 0 atom stereocenters. The fourth-order valence-electron chi connectivity index (χ4n) is 3.26. The molecule has 32 heavy (non-hydrogen) atoms. The minimum Gasteiger partial charge on any atom is -0.493 e. The Labute approximate surface area is 197 Å². The number of rotatable bonds is 5. The number of aliphatic imine (C=N–C) groups is 1. The van der Waals surface area contributed by atoms with Gasteiger partial charge >= 0.3 is 0 Å². The molecule has 1 aliphatic heterocycles. The molecule has 0 saturated carbocycles. The quantitative estimate of drug-likeness (QED) is 0.377. The largest absolute Gasteiger partial charge is 0.493 e. The predicted octanol–water partition coefficient (Wildman–Crippen LogP) is 7.16. The summed E-state index contributed by atoms with van der Waals surface area (Å²) in [5.41, 5.74) is 4.61. The van der Waals surface area contributed by atoms with Gasteiger partial charge in [-0.25, -0.2) is 4.99 Å². The maximum absolute atomic E-state index is 13.5. The second-order valence-electron chi connectivity index (χ2n) is 7.43. The Morgan fingerprint density at radius 3 is 2.31 bits per heavy atom. The van der Waals surface area contributed by atoms with E-state index in [0.717, 1.165) is 28.1 Å². The van der Waals surface area contributed by atoms with E-state index in [-0.39, 0.29) is 5.91 Å². The maximum Gasteiger partial charge on any atom is 0.271 e. The lowest BCUT2D eigenvalue weighted by Crippen LogP contribution is -2.28. The van der Waals surface area contributed by atoms with Gasteiger partial charge in [0.2, 0.25) is 0 Å². The van der Waals surface area contributed by atoms with Crippen LogP contribution in [0.2, 0.25) is 5.02 Å². The Morgan fingerprint density at radius 2 is 1.66 bits per heavy atom. The van der Waals surface area contributed by atoms with Crippen molar-refractivity contribution in [3.05, 3.63) is 93.3 Å². The Balaban J connectivity index is 1.79. The smallest absolute Gasteiger partial charge is 0.271 e. The molecule has 4 nitrogen and oxygen atoms in total. The monoisotopic (exact) mass is 462 g/mol. The van der Waals surface area contributed by atoms with Gasteiger partial charge in [0.1, 0.15) is 5.75 Å². The molecule has 1 heterocycles. The summed E-state index contributed by atoms with van der Waals surface area (Å²) in [6.07, 6.45) is 1.82. The highest BCUT2D eigenvalue weighted by molar-refractivity contribution is 8.19. The third-order valence-corrected chi connectivity index (χ3v) is 6.12. The number of nitrogens with zero attached hydrogens (tertiary/aromatic N) is 2. The molecule has 4 rings (SSSR count). The number of ether oxygens (including phenoxy) is 1. The van der Waals surface area contributed by atoms with E-state index in [1.807, 2.05) is 81.4 Å². The summed E-state index contributed by atoms with van der Waals surface area (Å²) in [6.45, 7) is 6.50. The third-order valence-electron chi connectivity index (χ3n) is 4.92. The molecule has 162 valence electrons. The molecule has 1 saturated heterocycles. The van der Waals surface area contributed by atoms with Crippen LogP contribution in [0.3, 0.4) is 0 Å². The molecular weight excluding hydrogens is 440 g/mol. The zero-order chi connectivity index (χ0) is 22.7. The van der Waals surface area contributed by atoms with Crippen molar-refractivity contribution >= 4 is 51.9 Å². The molecule has 0 spiro atoms. The minimum atomic E-state index is -0.132. The van der Waals surface area contributed by atoms with Crippen LogP contribution < -0.4 is 9.64 Å². The maximum atomic E-state index is 13.5. The Kier molecular flexibility index (Phi) is 6.68. The summed E-state index contributed by atoms with van der Waals surface area (Å²) in [5.74, 6) is 0.552. The fourth-order valence-corrected chi connectivity index (χ4v) is 4.43. The van der Waals surface area contributed by atoms with Crippen LogP contribution in [0.5, 0.6) is 5.75 Å². The van der Waals surface area contributed by atoms with Crippen LogP contribution in [-0.4, -0.2) is 17.7 Å². The van der Waals surface area contributed by atoms with Crippen LogP contribution in [-0.2, 0) is 4.79 Å². The topological polar surface area (TPSA) is 41.9 Å². The van der Waals surface area contributed by atoms with E-state index in [0.29, 0.717) is 27.5 Å². The molecule has 3 aromatic carbocycles. The molecule has 0 aliphatic carbocycles. The first-order chi connectivity index (χ1) is 15.4. The zero-order valence-corrected chi connectivity index (χ0v) is 19.7. The third kappa shape index (κ3) is 4.90. The average Bonchev–Trinajstić information content (AvgIpc) is 3.07. The van der Waals surface area contributed by atoms with Crippen molar-refractivity contribution in [1.29, 1.82) is 0 Å². The molecule has 0 radical (unpaired) electrons. The second-order valence-corrected chi connectivity index (χ2v) is 8.88. The SMILES string of the molecule is CCOc1ccc(Cl)cc1/C=C1/SC(=Nc2ccc(C)cc2)N(c2ccc(C)cc2)C1=O. The van der Waals surface area contributed by atoms with Crippen LogP contribution >= 0.6 is 23.4 Å². The lowest BCUT2D eigenvalue weighted by atomic mass is 10.1. The summed E-state index contributed by atoms with van der Waals surface area (Å²) in [4.78, 5) is 20.5. The number of hydrogen-bond donors (Lipinski definition) is 0. The highest BCUT2D eigenvalue weighted by Crippen LogP contribution is 2.38. The standard InChI is InChI=1S/C26H23ClN2O2S/c1-4-31-23-14-9-20(27)15-19(23)16-24-25(30)29(22-12-7-18(3)8-13-22)26(32-24)28-21-10-5-17(2)6-11-21/h5-16H,4H2,1-3H3/b24-16+,28-26?. The van der Waals surface area contributed by atoms with Crippen LogP contribution in [0.4, 0.5) is 11.4 Å². The molecule has 0 bridgehead atoms. The van der Waals surface area contributed by atoms with E-state index in [2.05, 4.69) is 0 Å². The second kappa shape index (κ2) is 9.63. The first-order valence-corrected chi connectivity index (χ1v) is 11.5. The van der Waals surface area contributed by atoms with E-state index in [1.54, 1.807) is 17.0 Å². The number of thioether (sulfide) groups is 1. The summed E-state index contributed by atoms with van der Waals surface area (Å²) in [5, 5.41) is 1.19. The number of carbonyl (C=O) groups excluding carboxylic acids is 1. The van der Waals surface area contributed by atoms with Crippen molar-refractivity contribution in [2.45, 2.75) is 20.8 Å². The van der Waals surface area contributed by atoms with E-state index >= 15 is 0 Å². The van der Waals surface area contributed by atoms with Gasteiger partial charge in [-0.05, 0) is 81.1 Å². The molecule has 6 heteroatoms. The first-order valence-electron chi connectivity index (χ1n) is 10.3. The van der Waals surface area contributed by atoms with Gasteiger partial charge in [-0.1, -0.05) is 47.0 Å². The fraction of sp³-hybridized carbons (Fsp3) is 0.154. The van der Waals surface area contributed by atoms with Gasteiger partial charge in [0.25, 0.3) is 5.91 Å². The first kappa shape index (κ1) is 22.2. The number of carbonyl (C=O) groups is 1. The van der Waals surface area contributed by atoms with Crippen molar-refractivity contribution in [3.8, 4) is 5.75 Å². The van der Waals surface area contributed by atoms with Crippen LogP contribution in [0, 0.1) is 13.8 Å². The molecule has 0 unspecified atom stereocenters. The minimum absolute atomic E-state index is 0.132. The summed E-state index contributed by atoms with van der Waals surface area (Å²) in [7, 11) is 0. The summed E-state index contributed by atoms with van der Waals surface area (Å²) < 4.78 is 5.73. The highest BCUT2D eigenvalue weighted by atomic mass is 35.5. The van der Waals surface area contributed by atoms with Gasteiger partial charge in [0.15, 0.2) is 5.17 Å².